The highest BCUT2D eigenvalue weighted by Crippen LogP contribution is 2.25. The molecule has 2 aliphatic rings. The average molecular weight is 240 g/mol. The van der Waals surface area contributed by atoms with Gasteiger partial charge in [-0.15, -0.1) is 0 Å². The van der Waals surface area contributed by atoms with Crippen LogP contribution in [0, 0.1) is 0 Å². The van der Waals surface area contributed by atoms with Gasteiger partial charge in [-0.2, -0.15) is 0 Å². The fourth-order valence-electron chi connectivity index (χ4n) is 2.84. The van der Waals surface area contributed by atoms with Crippen LogP contribution in [0.3, 0.4) is 0 Å². The highest BCUT2D eigenvalue weighted by Gasteiger charge is 2.33. The first kappa shape index (κ1) is 12.4. The van der Waals surface area contributed by atoms with Gasteiger partial charge in [-0.1, -0.05) is 12.8 Å². The first-order valence-corrected chi connectivity index (χ1v) is 6.44. The quantitative estimate of drug-likeness (QED) is 0.757. The monoisotopic (exact) mass is 240 g/mol. The van der Waals surface area contributed by atoms with E-state index in [1.807, 2.05) is 4.90 Å². The second-order valence-electron chi connectivity index (χ2n) is 4.93. The summed E-state index contributed by atoms with van der Waals surface area (Å²) in [5.74, 6) is -0.930. The Morgan fingerprint density at radius 1 is 1.35 bits per heavy atom. The number of nitrogens with one attached hydrogen (secondary N) is 1. The molecule has 1 amide bonds. The molecule has 0 bridgehead atoms. The third kappa shape index (κ3) is 2.97. The van der Waals surface area contributed by atoms with E-state index >= 15 is 0 Å². The maximum Gasteiger partial charge on any atom is 0.305 e. The lowest BCUT2D eigenvalue weighted by Crippen LogP contribution is -2.48. The molecule has 1 aliphatic carbocycles. The standard InChI is InChI=1S/C12H20N2O3/c15-11(16)8-10-12(17)14(7-3-6-13-10)9-4-1-2-5-9/h9-10,13H,1-8H2,(H,15,16). The Balaban J connectivity index is 2.04. The van der Waals surface area contributed by atoms with Gasteiger partial charge in [-0.25, -0.2) is 0 Å². The van der Waals surface area contributed by atoms with Crippen LogP contribution in [0.25, 0.3) is 0 Å². The molecule has 96 valence electrons. The van der Waals surface area contributed by atoms with Gasteiger partial charge in [0.05, 0.1) is 12.5 Å². The van der Waals surface area contributed by atoms with Crippen molar-refractivity contribution in [3.05, 3.63) is 0 Å². The van der Waals surface area contributed by atoms with Gasteiger partial charge >= 0.3 is 5.97 Å². The summed E-state index contributed by atoms with van der Waals surface area (Å²) in [4.78, 5) is 24.9. The summed E-state index contributed by atoms with van der Waals surface area (Å²) in [6.45, 7) is 1.50. The fraction of sp³-hybridized carbons (Fsp3) is 0.833. The number of carboxylic acid groups (broad SMARTS) is 1. The van der Waals surface area contributed by atoms with E-state index in [1.54, 1.807) is 0 Å². The molecule has 2 rings (SSSR count). The molecule has 1 unspecified atom stereocenters. The van der Waals surface area contributed by atoms with Crippen molar-refractivity contribution in [3.63, 3.8) is 0 Å². The van der Waals surface area contributed by atoms with Crippen LogP contribution >= 0.6 is 0 Å². The van der Waals surface area contributed by atoms with E-state index < -0.39 is 12.0 Å². The van der Waals surface area contributed by atoms with Gasteiger partial charge in [0.25, 0.3) is 0 Å². The molecule has 1 aliphatic heterocycles. The topological polar surface area (TPSA) is 69.6 Å². The SMILES string of the molecule is O=C(O)CC1NCCCN(C2CCCC2)C1=O. The lowest BCUT2D eigenvalue weighted by atomic mass is 10.1. The zero-order chi connectivity index (χ0) is 12.3. The minimum Gasteiger partial charge on any atom is -0.481 e. The molecule has 5 heteroatoms. The largest absolute Gasteiger partial charge is 0.481 e. The van der Waals surface area contributed by atoms with Gasteiger partial charge in [-0.05, 0) is 25.8 Å². The van der Waals surface area contributed by atoms with E-state index in [0.29, 0.717) is 6.04 Å². The number of rotatable bonds is 3. The van der Waals surface area contributed by atoms with Crippen LogP contribution in [0.2, 0.25) is 0 Å². The molecule has 1 saturated carbocycles. The zero-order valence-corrected chi connectivity index (χ0v) is 10.0. The lowest BCUT2D eigenvalue weighted by Gasteiger charge is -2.29. The second-order valence-corrected chi connectivity index (χ2v) is 4.93. The molecular weight excluding hydrogens is 220 g/mol. The number of hydrogen-bond acceptors (Lipinski definition) is 3. The van der Waals surface area contributed by atoms with Crippen LogP contribution in [-0.4, -0.2) is 47.1 Å². The van der Waals surface area contributed by atoms with Crippen molar-refractivity contribution in [2.45, 2.75) is 50.6 Å². The number of hydrogen-bond donors (Lipinski definition) is 2. The average Bonchev–Trinajstić information content (AvgIpc) is 2.74. The first-order chi connectivity index (χ1) is 8.18. The van der Waals surface area contributed by atoms with Gasteiger partial charge < -0.3 is 15.3 Å². The number of nitrogens with zero attached hydrogens (tertiary/aromatic N) is 1. The fourth-order valence-corrected chi connectivity index (χ4v) is 2.84. The molecule has 2 fully saturated rings. The molecule has 0 aromatic heterocycles. The van der Waals surface area contributed by atoms with E-state index in [1.165, 1.54) is 12.8 Å². The molecule has 2 N–H and O–H groups in total. The summed E-state index contributed by atoms with van der Waals surface area (Å²) >= 11 is 0. The molecule has 5 nitrogen and oxygen atoms in total. The lowest BCUT2D eigenvalue weighted by molar-refractivity contribution is -0.143. The van der Waals surface area contributed by atoms with E-state index in [2.05, 4.69) is 5.32 Å². The number of carbonyl (C=O) groups is 2. The highest BCUT2D eigenvalue weighted by molar-refractivity contribution is 5.86. The molecular formula is C12H20N2O3. The Morgan fingerprint density at radius 2 is 2.06 bits per heavy atom. The predicted molar refractivity (Wildman–Crippen MR) is 62.6 cm³/mol. The van der Waals surface area contributed by atoms with Crippen molar-refractivity contribution in [1.82, 2.24) is 10.2 Å². The first-order valence-electron chi connectivity index (χ1n) is 6.44. The smallest absolute Gasteiger partial charge is 0.305 e. The van der Waals surface area contributed by atoms with E-state index in [4.69, 9.17) is 5.11 Å². The summed E-state index contributed by atoms with van der Waals surface area (Å²) < 4.78 is 0. The predicted octanol–water partition coefficient (Wildman–Crippen LogP) is 0.594. The van der Waals surface area contributed by atoms with Crippen LogP contribution in [0.1, 0.15) is 38.5 Å². The molecule has 17 heavy (non-hydrogen) atoms. The van der Waals surface area contributed by atoms with Crippen molar-refractivity contribution in [3.8, 4) is 0 Å². The van der Waals surface area contributed by atoms with Crippen LogP contribution in [-0.2, 0) is 9.59 Å². The maximum atomic E-state index is 12.3. The van der Waals surface area contributed by atoms with Crippen LogP contribution < -0.4 is 5.32 Å². The van der Waals surface area contributed by atoms with Gasteiger partial charge in [-0.3, -0.25) is 9.59 Å². The normalized spacial score (nSPS) is 27.2. The highest BCUT2D eigenvalue weighted by atomic mass is 16.4. The van der Waals surface area contributed by atoms with Crippen molar-refractivity contribution in [2.24, 2.45) is 0 Å². The summed E-state index contributed by atoms with van der Waals surface area (Å²) in [6, 6.07) is -0.186. The molecule has 0 aromatic carbocycles. The molecule has 1 saturated heterocycles. The van der Waals surface area contributed by atoms with Gasteiger partial charge in [0.1, 0.15) is 0 Å². The zero-order valence-electron chi connectivity index (χ0n) is 10.0. The summed E-state index contributed by atoms with van der Waals surface area (Å²) in [5.41, 5.74) is 0. The maximum absolute atomic E-state index is 12.3. The number of aliphatic carboxylic acids is 1. The van der Waals surface area contributed by atoms with Crippen molar-refractivity contribution in [1.29, 1.82) is 0 Å². The number of carbonyl (C=O) groups excluding carboxylic acids is 1. The third-order valence-electron chi connectivity index (χ3n) is 3.69. The Kier molecular flexibility index (Phi) is 3.99. The summed E-state index contributed by atoms with van der Waals surface area (Å²) in [7, 11) is 0. The Hall–Kier alpha value is -1.10. The Bertz CT molecular complexity index is 300. The van der Waals surface area contributed by atoms with Gasteiger partial charge in [0.2, 0.25) is 5.91 Å². The summed E-state index contributed by atoms with van der Waals surface area (Å²) in [5, 5.41) is 11.9. The van der Waals surface area contributed by atoms with Crippen LogP contribution in [0.5, 0.6) is 0 Å². The molecule has 0 radical (unpaired) electrons. The van der Waals surface area contributed by atoms with E-state index in [0.717, 1.165) is 32.4 Å². The minimum absolute atomic E-state index is 0.0169. The van der Waals surface area contributed by atoms with Crippen molar-refractivity contribution < 1.29 is 14.7 Å². The second kappa shape index (κ2) is 5.49. The minimum atomic E-state index is -0.913. The van der Waals surface area contributed by atoms with Crippen LogP contribution in [0.15, 0.2) is 0 Å². The molecule has 1 atom stereocenters. The molecule has 0 spiro atoms. The van der Waals surface area contributed by atoms with E-state index in [9.17, 15) is 9.59 Å². The van der Waals surface area contributed by atoms with Crippen molar-refractivity contribution in [2.75, 3.05) is 13.1 Å². The number of amides is 1. The molecule has 1 heterocycles. The van der Waals surface area contributed by atoms with Gasteiger partial charge in [0.15, 0.2) is 0 Å². The Morgan fingerprint density at radius 3 is 2.71 bits per heavy atom. The number of carboxylic acids is 1. The summed E-state index contributed by atoms with van der Waals surface area (Å²) in [6.07, 6.45) is 5.33. The van der Waals surface area contributed by atoms with Gasteiger partial charge in [0, 0.05) is 12.6 Å². The molecule has 0 aromatic rings. The third-order valence-corrected chi connectivity index (χ3v) is 3.69. The van der Waals surface area contributed by atoms with Crippen LogP contribution in [0.4, 0.5) is 0 Å². The van der Waals surface area contributed by atoms with E-state index in [-0.39, 0.29) is 12.3 Å². The Labute approximate surface area is 101 Å². The van der Waals surface area contributed by atoms with Crippen molar-refractivity contribution >= 4 is 11.9 Å².